The van der Waals surface area contributed by atoms with Crippen molar-refractivity contribution < 1.29 is 18.0 Å². The maximum atomic E-state index is 13.0. The predicted octanol–water partition coefficient (Wildman–Crippen LogP) is 3.49. The maximum Gasteiger partial charge on any atom is 0.244 e. The number of hydrogen-bond donors (Lipinski definition) is 1. The zero-order valence-corrected chi connectivity index (χ0v) is 19.6. The molecule has 7 nitrogen and oxygen atoms in total. The van der Waals surface area contributed by atoms with Gasteiger partial charge in [0.05, 0.1) is 10.6 Å². The highest BCUT2D eigenvalue weighted by molar-refractivity contribution is 7.99. The van der Waals surface area contributed by atoms with Gasteiger partial charge in [-0.05, 0) is 36.8 Å². The number of nitrogens with zero attached hydrogens (tertiary/aromatic N) is 2. The maximum absolute atomic E-state index is 13.0. The van der Waals surface area contributed by atoms with E-state index in [9.17, 15) is 18.0 Å². The second-order valence-corrected chi connectivity index (χ2v) is 10.2. The van der Waals surface area contributed by atoms with Crippen LogP contribution in [0, 0.1) is 6.92 Å². The Morgan fingerprint density at radius 2 is 1.87 bits per heavy atom. The highest BCUT2D eigenvalue weighted by Gasteiger charge is 2.28. The average Bonchev–Trinajstić information content (AvgIpc) is 2.89. The Morgan fingerprint density at radius 3 is 2.55 bits per heavy atom. The van der Waals surface area contributed by atoms with Gasteiger partial charge in [0.1, 0.15) is 6.54 Å². The fraction of sp³-hybridized carbons (Fsp3) is 0.364. The first-order valence-electron chi connectivity index (χ1n) is 10.2. The zero-order valence-electron chi connectivity index (χ0n) is 17.9. The number of carbonyl (C=O) groups excluding carboxylic acids is 2. The zero-order chi connectivity index (χ0) is 22.6. The number of sulfonamides is 1. The van der Waals surface area contributed by atoms with Gasteiger partial charge in [-0.2, -0.15) is 4.31 Å². The third-order valence-corrected chi connectivity index (χ3v) is 8.27. The molecule has 3 rings (SSSR count). The number of fused-ring (bicyclic) bond motifs is 1. The number of amides is 2. The van der Waals surface area contributed by atoms with Crippen molar-refractivity contribution in [3.63, 3.8) is 0 Å². The van der Waals surface area contributed by atoms with Crippen LogP contribution in [0.15, 0.2) is 52.3 Å². The Labute approximate surface area is 187 Å². The summed E-state index contributed by atoms with van der Waals surface area (Å²) in [4.78, 5) is 27.9. The van der Waals surface area contributed by atoms with E-state index in [4.69, 9.17) is 0 Å². The van der Waals surface area contributed by atoms with Crippen molar-refractivity contribution >= 4 is 45.0 Å². The average molecular weight is 462 g/mol. The number of benzene rings is 2. The first-order valence-corrected chi connectivity index (χ1v) is 12.6. The number of hydrogen-bond acceptors (Lipinski definition) is 5. The highest BCUT2D eigenvalue weighted by atomic mass is 32.2. The monoisotopic (exact) mass is 461 g/mol. The van der Waals surface area contributed by atoms with E-state index < -0.39 is 10.0 Å². The molecule has 31 heavy (non-hydrogen) atoms. The van der Waals surface area contributed by atoms with E-state index in [1.54, 1.807) is 32.0 Å². The molecule has 0 fully saturated rings. The summed E-state index contributed by atoms with van der Waals surface area (Å²) < 4.78 is 27.4. The van der Waals surface area contributed by atoms with Crippen LogP contribution in [0.3, 0.4) is 0 Å². The van der Waals surface area contributed by atoms with Crippen LogP contribution in [0.2, 0.25) is 0 Å². The topological polar surface area (TPSA) is 86.8 Å². The molecule has 0 atom stereocenters. The van der Waals surface area contributed by atoms with Crippen molar-refractivity contribution in [2.75, 3.05) is 35.6 Å². The fourth-order valence-electron chi connectivity index (χ4n) is 3.44. The minimum absolute atomic E-state index is 0.120. The molecule has 2 aromatic carbocycles. The van der Waals surface area contributed by atoms with Crippen LogP contribution in [0.1, 0.15) is 25.8 Å². The van der Waals surface area contributed by atoms with E-state index in [0.29, 0.717) is 30.2 Å². The number of para-hydroxylation sites is 1. The van der Waals surface area contributed by atoms with Gasteiger partial charge in [0.15, 0.2) is 0 Å². The predicted molar refractivity (Wildman–Crippen MR) is 124 cm³/mol. The molecule has 0 radical (unpaired) electrons. The summed E-state index contributed by atoms with van der Waals surface area (Å²) in [6, 6.07) is 12.2. The Morgan fingerprint density at radius 1 is 1.16 bits per heavy atom. The number of rotatable bonds is 7. The first kappa shape index (κ1) is 23.3. The fourth-order valence-corrected chi connectivity index (χ4v) is 5.90. The molecule has 1 aliphatic heterocycles. The first-order chi connectivity index (χ1) is 14.8. The lowest BCUT2D eigenvalue weighted by Gasteiger charge is -2.24. The molecule has 2 aromatic rings. The molecule has 1 heterocycles. The van der Waals surface area contributed by atoms with Crippen LogP contribution in [0.4, 0.5) is 11.4 Å². The van der Waals surface area contributed by atoms with Gasteiger partial charge in [0.25, 0.3) is 0 Å². The standard InChI is InChI=1S/C22H27N3O4S2/c1-4-24(5-2)31(28,29)17-10-11-20-19(14-17)25(22(27)12-13-30-20)15-21(26)23-18-9-7-6-8-16(18)3/h6-11,14H,4-5,12-13,15H2,1-3H3,(H,23,26). The molecule has 0 saturated carbocycles. The van der Waals surface area contributed by atoms with Gasteiger partial charge in [-0.3, -0.25) is 9.59 Å². The summed E-state index contributed by atoms with van der Waals surface area (Å²) in [7, 11) is -3.68. The lowest BCUT2D eigenvalue weighted by molar-refractivity contribution is -0.121. The summed E-state index contributed by atoms with van der Waals surface area (Å²) in [6.07, 6.45) is 0.273. The number of aryl methyl sites for hydroxylation is 1. The molecule has 0 unspecified atom stereocenters. The van der Waals surface area contributed by atoms with Crippen molar-refractivity contribution in [3.8, 4) is 0 Å². The lowest BCUT2D eigenvalue weighted by Crippen LogP contribution is -2.38. The Kier molecular flexibility index (Phi) is 7.40. The van der Waals surface area contributed by atoms with Gasteiger partial charge in [-0.15, -0.1) is 11.8 Å². The van der Waals surface area contributed by atoms with E-state index in [2.05, 4.69) is 5.32 Å². The molecular weight excluding hydrogens is 434 g/mol. The Bertz CT molecular complexity index is 1080. The van der Waals surface area contributed by atoms with Gasteiger partial charge in [0.2, 0.25) is 21.8 Å². The molecule has 0 bridgehead atoms. The Hall–Kier alpha value is -2.36. The van der Waals surface area contributed by atoms with Crippen LogP contribution < -0.4 is 10.2 Å². The van der Waals surface area contributed by atoms with Gasteiger partial charge >= 0.3 is 0 Å². The van der Waals surface area contributed by atoms with Crippen LogP contribution in [0.25, 0.3) is 0 Å². The minimum Gasteiger partial charge on any atom is -0.324 e. The smallest absolute Gasteiger partial charge is 0.244 e. The molecule has 2 amide bonds. The Balaban J connectivity index is 1.94. The van der Waals surface area contributed by atoms with Gasteiger partial charge < -0.3 is 10.2 Å². The number of carbonyl (C=O) groups is 2. The molecule has 1 N–H and O–H groups in total. The molecule has 9 heteroatoms. The number of nitrogens with one attached hydrogen (secondary N) is 1. The summed E-state index contributed by atoms with van der Waals surface area (Å²) in [5.41, 5.74) is 2.06. The van der Waals surface area contributed by atoms with Gasteiger partial charge in [0, 0.05) is 35.8 Å². The SMILES string of the molecule is CCN(CC)S(=O)(=O)c1ccc2c(c1)N(CC(=O)Nc1ccccc1C)C(=O)CCS2. The van der Waals surface area contributed by atoms with Gasteiger partial charge in [-0.25, -0.2) is 8.42 Å². The normalized spacial score (nSPS) is 14.3. The molecule has 0 spiro atoms. The number of anilines is 2. The van der Waals surface area contributed by atoms with E-state index in [1.165, 1.54) is 27.0 Å². The molecule has 0 saturated heterocycles. The van der Waals surface area contributed by atoms with E-state index in [-0.39, 0.29) is 29.7 Å². The molecule has 0 aliphatic carbocycles. The largest absolute Gasteiger partial charge is 0.324 e. The van der Waals surface area contributed by atoms with Crippen LogP contribution in [-0.2, 0) is 19.6 Å². The summed E-state index contributed by atoms with van der Waals surface area (Å²) in [5, 5.41) is 2.84. The van der Waals surface area contributed by atoms with Crippen molar-refractivity contribution in [2.24, 2.45) is 0 Å². The van der Waals surface area contributed by atoms with E-state index in [1.807, 2.05) is 25.1 Å². The number of thioether (sulfide) groups is 1. The second kappa shape index (κ2) is 9.84. The summed E-state index contributed by atoms with van der Waals surface area (Å²) in [5.74, 6) is 0.0326. The highest BCUT2D eigenvalue weighted by Crippen LogP contribution is 2.36. The minimum atomic E-state index is -3.68. The van der Waals surface area contributed by atoms with Crippen molar-refractivity contribution in [2.45, 2.75) is 37.0 Å². The third kappa shape index (κ3) is 5.11. The van der Waals surface area contributed by atoms with Crippen molar-refractivity contribution in [1.82, 2.24) is 4.31 Å². The van der Waals surface area contributed by atoms with Crippen molar-refractivity contribution in [1.29, 1.82) is 0 Å². The van der Waals surface area contributed by atoms with Crippen LogP contribution in [0.5, 0.6) is 0 Å². The van der Waals surface area contributed by atoms with E-state index >= 15 is 0 Å². The molecular formula is C22H27N3O4S2. The summed E-state index contributed by atoms with van der Waals surface area (Å²) in [6.45, 7) is 5.98. The molecule has 166 valence electrons. The molecule has 0 aromatic heterocycles. The van der Waals surface area contributed by atoms with Crippen LogP contribution >= 0.6 is 11.8 Å². The third-order valence-electron chi connectivity index (χ3n) is 5.16. The van der Waals surface area contributed by atoms with Gasteiger partial charge in [-0.1, -0.05) is 32.0 Å². The van der Waals surface area contributed by atoms with Crippen LogP contribution in [-0.4, -0.2) is 49.9 Å². The lowest BCUT2D eigenvalue weighted by atomic mass is 10.2. The van der Waals surface area contributed by atoms with Crippen molar-refractivity contribution in [3.05, 3.63) is 48.0 Å². The molecule has 1 aliphatic rings. The summed E-state index contributed by atoms with van der Waals surface area (Å²) >= 11 is 1.49. The second-order valence-electron chi connectivity index (χ2n) is 7.16. The quantitative estimate of drug-likeness (QED) is 0.682. The van der Waals surface area contributed by atoms with E-state index in [0.717, 1.165) is 10.5 Å².